The summed E-state index contributed by atoms with van der Waals surface area (Å²) < 4.78 is 0. The number of nitrogens with zero attached hydrogens (tertiary/aromatic N) is 2. The van der Waals surface area contributed by atoms with Crippen molar-refractivity contribution in [1.29, 1.82) is 0 Å². The zero-order valence-electron chi connectivity index (χ0n) is 14.3. The molecular formula is C16H34N4O. The van der Waals surface area contributed by atoms with Crippen LogP contribution in [0, 0.1) is 0 Å². The summed E-state index contributed by atoms with van der Waals surface area (Å²) in [7, 11) is 2.18. The molecule has 2 atom stereocenters. The fraction of sp³-hybridized carbons (Fsp3) is 0.938. The molecule has 124 valence electrons. The number of amides is 1. The molecule has 1 heterocycles. The van der Waals surface area contributed by atoms with Crippen LogP contribution in [0.25, 0.3) is 0 Å². The van der Waals surface area contributed by atoms with Gasteiger partial charge in [-0.05, 0) is 65.8 Å². The van der Waals surface area contributed by atoms with E-state index in [0.717, 1.165) is 39.0 Å². The van der Waals surface area contributed by atoms with Crippen LogP contribution in [0.1, 0.15) is 46.5 Å². The maximum atomic E-state index is 11.6. The molecule has 1 fully saturated rings. The van der Waals surface area contributed by atoms with Gasteiger partial charge in [-0.15, -0.1) is 0 Å². The lowest BCUT2D eigenvalue weighted by Crippen LogP contribution is -2.53. The number of carbonyl (C=O) groups is 1. The number of hydrogen-bond acceptors (Lipinski definition) is 4. The van der Waals surface area contributed by atoms with Crippen molar-refractivity contribution in [3.63, 3.8) is 0 Å². The topological polar surface area (TPSA) is 61.6 Å². The van der Waals surface area contributed by atoms with Crippen molar-refractivity contribution in [3.05, 3.63) is 0 Å². The largest absolute Gasteiger partial charge is 0.368 e. The molecule has 3 N–H and O–H groups in total. The molecule has 0 aliphatic carbocycles. The summed E-state index contributed by atoms with van der Waals surface area (Å²) in [5, 5.41) is 3.22. The molecule has 1 rings (SSSR count). The first-order valence-electron chi connectivity index (χ1n) is 8.40. The molecule has 5 heteroatoms. The van der Waals surface area contributed by atoms with E-state index >= 15 is 0 Å². The molecule has 0 saturated carbocycles. The van der Waals surface area contributed by atoms with Crippen LogP contribution < -0.4 is 11.1 Å². The Balaban J connectivity index is 2.32. The van der Waals surface area contributed by atoms with Gasteiger partial charge in [0, 0.05) is 12.6 Å². The second-order valence-corrected chi connectivity index (χ2v) is 6.52. The van der Waals surface area contributed by atoms with Crippen molar-refractivity contribution in [2.75, 3.05) is 39.8 Å². The number of primary amides is 1. The molecule has 0 radical (unpaired) electrons. The normalized spacial score (nSPS) is 22.6. The monoisotopic (exact) mass is 298 g/mol. The Morgan fingerprint density at radius 3 is 2.76 bits per heavy atom. The van der Waals surface area contributed by atoms with Crippen LogP contribution in [-0.4, -0.2) is 67.1 Å². The summed E-state index contributed by atoms with van der Waals surface area (Å²) in [6.07, 6.45) is 4.42. The molecule has 5 nitrogen and oxygen atoms in total. The lowest BCUT2D eigenvalue weighted by molar-refractivity contribution is -0.124. The minimum Gasteiger partial charge on any atom is -0.368 e. The minimum atomic E-state index is -0.571. The van der Waals surface area contributed by atoms with Gasteiger partial charge in [0.2, 0.25) is 5.91 Å². The first-order chi connectivity index (χ1) is 9.92. The summed E-state index contributed by atoms with van der Waals surface area (Å²) in [6.45, 7) is 11.5. The summed E-state index contributed by atoms with van der Waals surface area (Å²) in [5.41, 5.74) is 4.95. The van der Waals surface area contributed by atoms with Crippen molar-refractivity contribution in [2.24, 2.45) is 5.73 Å². The van der Waals surface area contributed by atoms with Gasteiger partial charge in [-0.3, -0.25) is 9.69 Å². The Hall–Kier alpha value is -0.650. The van der Waals surface area contributed by atoms with Crippen molar-refractivity contribution < 1.29 is 4.79 Å². The smallest absolute Gasteiger partial charge is 0.237 e. The van der Waals surface area contributed by atoms with Gasteiger partial charge in [0.05, 0.1) is 5.54 Å². The Bertz CT molecular complexity index is 323. The molecule has 0 spiro atoms. The summed E-state index contributed by atoms with van der Waals surface area (Å²) in [5.74, 6) is -0.250. The summed E-state index contributed by atoms with van der Waals surface area (Å²) in [4.78, 5) is 16.6. The van der Waals surface area contributed by atoms with E-state index in [-0.39, 0.29) is 5.91 Å². The van der Waals surface area contributed by atoms with E-state index < -0.39 is 5.54 Å². The molecule has 0 aromatic rings. The van der Waals surface area contributed by atoms with E-state index in [1.165, 1.54) is 19.4 Å². The van der Waals surface area contributed by atoms with Gasteiger partial charge in [0.25, 0.3) is 0 Å². The van der Waals surface area contributed by atoms with E-state index in [0.29, 0.717) is 6.04 Å². The van der Waals surface area contributed by atoms with E-state index in [1.54, 1.807) is 0 Å². The van der Waals surface area contributed by atoms with Crippen LogP contribution in [0.5, 0.6) is 0 Å². The van der Waals surface area contributed by atoms with Crippen molar-refractivity contribution in [2.45, 2.75) is 58.0 Å². The third kappa shape index (κ3) is 5.57. The predicted octanol–water partition coefficient (Wildman–Crippen LogP) is 1.04. The van der Waals surface area contributed by atoms with Gasteiger partial charge in [-0.1, -0.05) is 13.8 Å². The molecule has 1 saturated heterocycles. The predicted molar refractivity (Wildman–Crippen MR) is 88.3 cm³/mol. The standard InChI is InChI=1S/C16H34N4O/c1-5-18-16(3,15(17)21)10-8-11-19(4)13-14-9-7-12-20(14)6-2/h14,18H,5-13H2,1-4H3,(H2,17,21). The first kappa shape index (κ1) is 18.4. The van der Waals surface area contributed by atoms with Crippen LogP contribution in [0.3, 0.4) is 0 Å². The van der Waals surface area contributed by atoms with Crippen molar-refractivity contribution in [3.8, 4) is 0 Å². The van der Waals surface area contributed by atoms with Crippen LogP contribution >= 0.6 is 0 Å². The lowest BCUT2D eigenvalue weighted by Gasteiger charge is -2.30. The highest BCUT2D eigenvalue weighted by Gasteiger charge is 2.29. The highest BCUT2D eigenvalue weighted by atomic mass is 16.1. The lowest BCUT2D eigenvalue weighted by atomic mass is 9.94. The average Bonchev–Trinajstić information content (AvgIpc) is 2.86. The minimum absolute atomic E-state index is 0.250. The van der Waals surface area contributed by atoms with Crippen LogP contribution in [0.4, 0.5) is 0 Å². The number of rotatable bonds is 10. The number of nitrogens with two attached hydrogens (primary N) is 1. The molecule has 2 unspecified atom stereocenters. The van der Waals surface area contributed by atoms with Gasteiger partial charge in [0.1, 0.15) is 0 Å². The molecule has 1 aliphatic heterocycles. The first-order valence-corrected chi connectivity index (χ1v) is 8.40. The van der Waals surface area contributed by atoms with Crippen LogP contribution in [0.2, 0.25) is 0 Å². The zero-order chi connectivity index (χ0) is 15.9. The van der Waals surface area contributed by atoms with Gasteiger partial charge >= 0.3 is 0 Å². The Morgan fingerprint density at radius 1 is 1.48 bits per heavy atom. The zero-order valence-corrected chi connectivity index (χ0v) is 14.3. The Kier molecular flexibility index (Phi) is 7.63. The van der Waals surface area contributed by atoms with E-state index in [9.17, 15) is 4.79 Å². The Labute approximate surface area is 130 Å². The van der Waals surface area contributed by atoms with Gasteiger partial charge in [0.15, 0.2) is 0 Å². The number of likely N-dealkylation sites (tertiary alicyclic amines) is 1. The van der Waals surface area contributed by atoms with E-state index in [1.807, 2.05) is 13.8 Å². The quantitative estimate of drug-likeness (QED) is 0.632. The second-order valence-electron chi connectivity index (χ2n) is 6.52. The van der Waals surface area contributed by atoms with Crippen LogP contribution in [-0.2, 0) is 4.79 Å². The van der Waals surface area contributed by atoms with Crippen LogP contribution in [0.15, 0.2) is 0 Å². The van der Waals surface area contributed by atoms with Gasteiger partial charge in [-0.2, -0.15) is 0 Å². The SMILES string of the molecule is CCNC(C)(CCCN(C)CC1CCCN1CC)C(N)=O. The van der Waals surface area contributed by atoms with Crippen molar-refractivity contribution >= 4 is 5.91 Å². The maximum absolute atomic E-state index is 11.6. The fourth-order valence-corrected chi connectivity index (χ4v) is 3.36. The molecule has 1 amide bonds. The second kappa shape index (κ2) is 8.71. The fourth-order valence-electron chi connectivity index (χ4n) is 3.36. The molecule has 0 aromatic carbocycles. The van der Waals surface area contributed by atoms with E-state index in [4.69, 9.17) is 5.73 Å². The van der Waals surface area contributed by atoms with E-state index in [2.05, 4.69) is 29.1 Å². The van der Waals surface area contributed by atoms with Crippen molar-refractivity contribution in [1.82, 2.24) is 15.1 Å². The highest BCUT2D eigenvalue weighted by molar-refractivity contribution is 5.84. The van der Waals surface area contributed by atoms with Gasteiger partial charge < -0.3 is 16.0 Å². The third-order valence-electron chi connectivity index (χ3n) is 4.76. The number of likely N-dealkylation sites (N-methyl/N-ethyl adjacent to an activating group) is 3. The molecule has 0 bridgehead atoms. The third-order valence-corrected chi connectivity index (χ3v) is 4.76. The molecular weight excluding hydrogens is 264 g/mol. The highest BCUT2D eigenvalue weighted by Crippen LogP contribution is 2.18. The van der Waals surface area contributed by atoms with Gasteiger partial charge in [-0.25, -0.2) is 0 Å². The summed E-state index contributed by atoms with van der Waals surface area (Å²) in [6, 6.07) is 0.705. The Morgan fingerprint density at radius 2 is 2.19 bits per heavy atom. The molecule has 21 heavy (non-hydrogen) atoms. The summed E-state index contributed by atoms with van der Waals surface area (Å²) >= 11 is 0. The molecule has 1 aliphatic rings. The maximum Gasteiger partial charge on any atom is 0.237 e. The number of carbonyl (C=O) groups excluding carboxylic acids is 1. The average molecular weight is 298 g/mol. The number of nitrogens with one attached hydrogen (secondary N) is 1. The molecule has 0 aromatic heterocycles. The number of hydrogen-bond donors (Lipinski definition) is 2.